The van der Waals surface area contributed by atoms with Crippen molar-refractivity contribution in [2.45, 2.75) is 25.8 Å². The first-order chi connectivity index (χ1) is 11.2. The highest BCUT2D eigenvalue weighted by Gasteiger charge is 2.12. The van der Waals surface area contributed by atoms with Gasteiger partial charge in [0.1, 0.15) is 11.5 Å². The van der Waals surface area contributed by atoms with Crippen LogP contribution in [-0.2, 0) is 6.54 Å². The number of hydrogen-bond acceptors (Lipinski definition) is 5. The average Bonchev–Trinajstić information content (AvgIpc) is 2.61. The van der Waals surface area contributed by atoms with Gasteiger partial charge in [-0.15, -0.1) is 0 Å². The summed E-state index contributed by atoms with van der Waals surface area (Å²) in [4.78, 5) is 29.6. The third-order valence-corrected chi connectivity index (χ3v) is 3.85. The van der Waals surface area contributed by atoms with Crippen LogP contribution in [0, 0.1) is 0 Å². The lowest BCUT2D eigenvalue weighted by molar-refractivity contribution is 0.0945. The van der Waals surface area contributed by atoms with Crippen LogP contribution in [0.5, 0.6) is 0 Å². The summed E-state index contributed by atoms with van der Waals surface area (Å²) in [5.41, 5.74) is 0.769. The summed E-state index contributed by atoms with van der Waals surface area (Å²) >= 11 is 0. The van der Waals surface area contributed by atoms with Crippen LogP contribution < -0.4 is 15.8 Å². The predicted octanol–water partition coefficient (Wildman–Crippen LogP) is 1.09. The van der Waals surface area contributed by atoms with Crippen molar-refractivity contribution in [2.75, 3.05) is 18.0 Å². The minimum absolute atomic E-state index is 0.183. The number of carbonyl (C=O) groups is 1. The van der Waals surface area contributed by atoms with Crippen LogP contribution in [0.15, 0.2) is 35.3 Å². The van der Waals surface area contributed by atoms with E-state index in [1.165, 1.54) is 31.4 Å². The Morgan fingerprint density at radius 3 is 2.65 bits per heavy atom. The molecule has 1 fully saturated rings. The molecule has 0 saturated carbocycles. The van der Waals surface area contributed by atoms with Gasteiger partial charge in [0.15, 0.2) is 0 Å². The Morgan fingerprint density at radius 1 is 1.17 bits per heavy atom. The van der Waals surface area contributed by atoms with Crippen molar-refractivity contribution < 1.29 is 4.79 Å². The molecule has 1 aliphatic heterocycles. The molecule has 7 nitrogen and oxygen atoms in total. The number of pyridine rings is 1. The zero-order chi connectivity index (χ0) is 16.1. The van der Waals surface area contributed by atoms with E-state index in [9.17, 15) is 9.59 Å². The molecule has 23 heavy (non-hydrogen) atoms. The standard InChI is InChI=1S/C16H19N5O2/c22-15-7-5-13(19-20-15)16(23)18-11-12-4-6-14(17-10-12)21-8-2-1-3-9-21/h4-7,10H,1-3,8-9,11H2,(H,18,23)(H,20,22). The van der Waals surface area contributed by atoms with Gasteiger partial charge in [0.2, 0.25) is 0 Å². The first kappa shape index (κ1) is 15.2. The number of H-pyrrole nitrogens is 1. The summed E-state index contributed by atoms with van der Waals surface area (Å²) in [6.45, 7) is 2.48. The van der Waals surface area contributed by atoms with Gasteiger partial charge < -0.3 is 10.2 Å². The molecule has 7 heteroatoms. The first-order valence-electron chi connectivity index (χ1n) is 7.76. The molecule has 120 valence electrons. The number of aromatic nitrogens is 3. The van der Waals surface area contributed by atoms with Crippen LogP contribution in [0.1, 0.15) is 35.3 Å². The van der Waals surface area contributed by atoms with Crippen molar-refractivity contribution in [1.82, 2.24) is 20.5 Å². The van der Waals surface area contributed by atoms with Crippen LogP contribution in [0.4, 0.5) is 5.82 Å². The molecule has 1 amide bonds. The summed E-state index contributed by atoms with van der Waals surface area (Å²) in [5, 5.41) is 8.69. The summed E-state index contributed by atoms with van der Waals surface area (Å²) in [7, 11) is 0. The summed E-state index contributed by atoms with van der Waals surface area (Å²) in [5.74, 6) is 0.656. The number of nitrogens with one attached hydrogen (secondary N) is 2. The molecular formula is C16H19N5O2. The Morgan fingerprint density at radius 2 is 2.00 bits per heavy atom. The Labute approximate surface area is 133 Å². The number of amides is 1. The molecule has 0 spiro atoms. The Hall–Kier alpha value is -2.70. The van der Waals surface area contributed by atoms with Gasteiger partial charge >= 0.3 is 0 Å². The number of rotatable bonds is 4. The number of piperidine rings is 1. The van der Waals surface area contributed by atoms with Crippen molar-refractivity contribution in [3.63, 3.8) is 0 Å². The van der Waals surface area contributed by atoms with E-state index < -0.39 is 0 Å². The third kappa shape index (κ3) is 3.94. The van der Waals surface area contributed by atoms with Crippen LogP contribution in [0.25, 0.3) is 0 Å². The maximum atomic E-state index is 11.9. The molecule has 0 radical (unpaired) electrons. The largest absolute Gasteiger partial charge is 0.357 e. The maximum Gasteiger partial charge on any atom is 0.271 e. The molecule has 0 bridgehead atoms. The van der Waals surface area contributed by atoms with Gasteiger partial charge in [0.05, 0.1) is 0 Å². The highest BCUT2D eigenvalue weighted by molar-refractivity contribution is 5.91. The van der Waals surface area contributed by atoms with Crippen molar-refractivity contribution in [3.8, 4) is 0 Å². The number of hydrogen-bond donors (Lipinski definition) is 2. The van der Waals surface area contributed by atoms with Gasteiger partial charge in [-0.2, -0.15) is 5.10 Å². The Balaban J connectivity index is 1.56. The van der Waals surface area contributed by atoms with E-state index in [0.717, 1.165) is 24.5 Å². The van der Waals surface area contributed by atoms with E-state index >= 15 is 0 Å². The highest BCUT2D eigenvalue weighted by Crippen LogP contribution is 2.17. The SMILES string of the molecule is O=C(NCc1ccc(N2CCCCC2)nc1)c1ccc(=O)[nH]n1. The molecule has 0 unspecified atom stereocenters. The first-order valence-corrected chi connectivity index (χ1v) is 7.76. The van der Waals surface area contributed by atoms with Gasteiger partial charge in [-0.1, -0.05) is 6.07 Å². The summed E-state index contributed by atoms with van der Waals surface area (Å²) in [6, 6.07) is 6.63. The molecule has 0 aromatic carbocycles. The van der Waals surface area contributed by atoms with Crippen LogP contribution in [0.3, 0.4) is 0 Å². The second-order valence-corrected chi connectivity index (χ2v) is 5.56. The molecule has 3 rings (SSSR count). The molecule has 2 N–H and O–H groups in total. The van der Waals surface area contributed by atoms with Crippen molar-refractivity contribution >= 4 is 11.7 Å². The Kier molecular flexibility index (Phi) is 4.65. The minimum Gasteiger partial charge on any atom is -0.357 e. The lowest BCUT2D eigenvalue weighted by atomic mass is 10.1. The van der Waals surface area contributed by atoms with E-state index in [0.29, 0.717) is 6.54 Å². The van der Waals surface area contributed by atoms with Gasteiger partial charge in [0, 0.05) is 31.9 Å². The van der Waals surface area contributed by atoms with Gasteiger partial charge in [0.25, 0.3) is 11.5 Å². The van der Waals surface area contributed by atoms with E-state index in [4.69, 9.17) is 0 Å². The van der Waals surface area contributed by atoms with Gasteiger partial charge in [-0.25, -0.2) is 10.1 Å². The quantitative estimate of drug-likeness (QED) is 0.881. The van der Waals surface area contributed by atoms with Crippen molar-refractivity contribution in [1.29, 1.82) is 0 Å². The van der Waals surface area contributed by atoms with Crippen LogP contribution in [-0.4, -0.2) is 34.2 Å². The molecule has 0 aliphatic carbocycles. The summed E-state index contributed by atoms with van der Waals surface area (Å²) in [6.07, 6.45) is 5.50. The fourth-order valence-corrected chi connectivity index (χ4v) is 2.58. The minimum atomic E-state index is -0.334. The fourth-order valence-electron chi connectivity index (χ4n) is 2.58. The van der Waals surface area contributed by atoms with Gasteiger partial charge in [-0.05, 0) is 37.0 Å². The number of aromatic amines is 1. The zero-order valence-corrected chi connectivity index (χ0v) is 12.8. The molecule has 2 aromatic heterocycles. The predicted molar refractivity (Wildman–Crippen MR) is 86.3 cm³/mol. The summed E-state index contributed by atoms with van der Waals surface area (Å²) < 4.78 is 0. The molecule has 0 atom stereocenters. The highest BCUT2D eigenvalue weighted by atomic mass is 16.2. The third-order valence-electron chi connectivity index (χ3n) is 3.85. The van der Waals surface area contributed by atoms with E-state index in [1.54, 1.807) is 6.20 Å². The van der Waals surface area contributed by atoms with E-state index in [2.05, 4.69) is 25.4 Å². The van der Waals surface area contributed by atoms with Gasteiger partial charge in [-0.3, -0.25) is 9.59 Å². The van der Waals surface area contributed by atoms with Crippen LogP contribution >= 0.6 is 0 Å². The second kappa shape index (κ2) is 7.04. The maximum absolute atomic E-state index is 11.9. The molecular weight excluding hydrogens is 294 g/mol. The lowest BCUT2D eigenvalue weighted by Crippen LogP contribution is -2.30. The van der Waals surface area contributed by atoms with Crippen molar-refractivity contribution in [2.24, 2.45) is 0 Å². The average molecular weight is 313 g/mol. The number of nitrogens with zero attached hydrogens (tertiary/aromatic N) is 3. The molecule has 3 heterocycles. The monoisotopic (exact) mass is 313 g/mol. The molecule has 2 aromatic rings. The van der Waals surface area contributed by atoms with E-state index in [1.807, 2.05) is 12.1 Å². The van der Waals surface area contributed by atoms with Crippen molar-refractivity contribution in [3.05, 3.63) is 52.1 Å². The fraction of sp³-hybridized carbons (Fsp3) is 0.375. The Bertz CT molecular complexity index is 700. The smallest absolute Gasteiger partial charge is 0.271 e. The number of anilines is 1. The topological polar surface area (TPSA) is 91.0 Å². The normalized spacial score (nSPS) is 14.5. The van der Waals surface area contributed by atoms with E-state index in [-0.39, 0.29) is 17.2 Å². The lowest BCUT2D eigenvalue weighted by Gasteiger charge is -2.27. The molecule has 1 aliphatic rings. The zero-order valence-electron chi connectivity index (χ0n) is 12.8. The second-order valence-electron chi connectivity index (χ2n) is 5.56. The van der Waals surface area contributed by atoms with Crippen LogP contribution in [0.2, 0.25) is 0 Å². The number of carbonyl (C=O) groups excluding carboxylic acids is 1. The molecule has 1 saturated heterocycles.